The lowest BCUT2D eigenvalue weighted by Crippen LogP contribution is -2.47. The molecule has 2 amide bonds. The normalized spacial score (nSPS) is 22.5. The first-order valence-electron chi connectivity index (χ1n) is 9.95. The van der Waals surface area contributed by atoms with Gasteiger partial charge in [-0.25, -0.2) is 14.5 Å². The van der Waals surface area contributed by atoms with Crippen LogP contribution < -0.4 is 5.32 Å². The minimum absolute atomic E-state index is 0.0191. The summed E-state index contributed by atoms with van der Waals surface area (Å²) in [6, 6.07) is 0.279. The third-order valence-corrected chi connectivity index (χ3v) is 5.97. The molecule has 1 aliphatic heterocycles. The smallest absolute Gasteiger partial charge is 0.317 e. The number of rotatable bonds is 4. The molecule has 0 bridgehead atoms. The Morgan fingerprint density at radius 2 is 1.88 bits per heavy atom. The minimum atomic E-state index is -0.0257. The van der Waals surface area contributed by atoms with Gasteiger partial charge in [-0.3, -0.25) is 0 Å². The zero-order valence-electron chi connectivity index (χ0n) is 16.2. The van der Waals surface area contributed by atoms with Gasteiger partial charge in [0.05, 0.1) is 6.04 Å². The Hall–Kier alpha value is -1.59. The number of amides is 2. The SMILES string of the molecule is CC(C)c1nc2n(n1)CCC[C@H]2NC(=O)N(C)[C@@H](C)C1CCCCC1. The largest absolute Gasteiger partial charge is 0.328 e. The second-order valence-corrected chi connectivity index (χ2v) is 8.10. The lowest BCUT2D eigenvalue weighted by Gasteiger charge is -2.35. The highest BCUT2D eigenvalue weighted by molar-refractivity contribution is 5.74. The summed E-state index contributed by atoms with van der Waals surface area (Å²) in [7, 11) is 1.93. The zero-order chi connectivity index (χ0) is 18.0. The number of carbonyl (C=O) groups excluding carboxylic acids is 1. The van der Waals surface area contributed by atoms with Crippen LogP contribution in [0.15, 0.2) is 0 Å². The second kappa shape index (κ2) is 7.75. The highest BCUT2D eigenvalue weighted by Gasteiger charge is 2.30. The lowest BCUT2D eigenvalue weighted by atomic mass is 9.84. The van der Waals surface area contributed by atoms with Gasteiger partial charge in [-0.15, -0.1) is 0 Å². The van der Waals surface area contributed by atoms with Crippen molar-refractivity contribution >= 4 is 6.03 Å². The predicted octanol–water partition coefficient (Wildman–Crippen LogP) is 3.85. The van der Waals surface area contributed by atoms with Gasteiger partial charge in [0.2, 0.25) is 0 Å². The first kappa shape index (κ1) is 18.2. The predicted molar refractivity (Wildman–Crippen MR) is 98.4 cm³/mol. The van der Waals surface area contributed by atoms with Crippen LogP contribution in [0.5, 0.6) is 0 Å². The number of nitrogens with one attached hydrogen (secondary N) is 1. The van der Waals surface area contributed by atoms with Gasteiger partial charge in [0, 0.05) is 25.6 Å². The molecule has 1 saturated carbocycles. The topological polar surface area (TPSA) is 63.1 Å². The van der Waals surface area contributed by atoms with Crippen LogP contribution in [0, 0.1) is 5.92 Å². The van der Waals surface area contributed by atoms with Gasteiger partial charge < -0.3 is 10.2 Å². The molecule has 1 fully saturated rings. The molecular formula is C19H33N5O. The van der Waals surface area contributed by atoms with Crippen LogP contribution in [0.1, 0.15) is 89.3 Å². The second-order valence-electron chi connectivity index (χ2n) is 8.10. The number of carbonyl (C=O) groups is 1. The van der Waals surface area contributed by atoms with Gasteiger partial charge in [0.25, 0.3) is 0 Å². The van der Waals surface area contributed by atoms with Crippen LogP contribution in [-0.4, -0.2) is 38.8 Å². The Kier molecular flexibility index (Phi) is 5.64. The molecule has 0 radical (unpaired) electrons. The van der Waals surface area contributed by atoms with E-state index in [1.165, 1.54) is 32.1 Å². The highest BCUT2D eigenvalue weighted by atomic mass is 16.2. The number of aromatic nitrogens is 3. The Morgan fingerprint density at radius 1 is 1.16 bits per heavy atom. The van der Waals surface area contributed by atoms with Crippen molar-refractivity contribution in [3.05, 3.63) is 11.6 Å². The van der Waals surface area contributed by atoms with Crippen molar-refractivity contribution in [2.24, 2.45) is 5.92 Å². The first-order chi connectivity index (χ1) is 12.0. The van der Waals surface area contributed by atoms with Gasteiger partial charge in [-0.05, 0) is 38.5 Å². The third kappa shape index (κ3) is 3.98. The van der Waals surface area contributed by atoms with Crippen LogP contribution in [0.2, 0.25) is 0 Å². The van der Waals surface area contributed by atoms with Gasteiger partial charge in [0.1, 0.15) is 5.82 Å². The minimum Gasteiger partial charge on any atom is -0.328 e. The summed E-state index contributed by atoms with van der Waals surface area (Å²) in [5.74, 6) is 2.73. The average Bonchev–Trinajstić information content (AvgIpc) is 3.07. The highest BCUT2D eigenvalue weighted by Crippen LogP contribution is 2.29. The van der Waals surface area contributed by atoms with E-state index < -0.39 is 0 Å². The summed E-state index contributed by atoms with van der Waals surface area (Å²) in [5, 5.41) is 7.81. The summed E-state index contributed by atoms with van der Waals surface area (Å²) in [6.45, 7) is 7.30. The molecule has 2 heterocycles. The van der Waals surface area contributed by atoms with E-state index in [9.17, 15) is 4.79 Å². The van der Waals surface area contributed by atoms with Crippen LogP contribution in [0.4, 0.5) is 4.79 Å². The molecule has 140 valence electrons. The van der Waals surface area contributed by atoms with E-state index >= 15 is 0 Å². The van der Waals surface area contributed by atoms with Crippen molar-refractivity contribution in [3.63, 3.8) is 0 Å². The van der Waals surface area contributed by atoms with Gasteiger partial charge in [-0.2, -0.15) is 5.10 Å². The molecule has 1 aromatic rings. The third-order valence-electron chi connectivity index (χ3n) is 5.97. The van der Waals surface area contributed by atoms with E-state index in [4.69, 9.17) is 4.98 Å². The molecule has 0 unspecified atom stereocenters. The van der Waals surface area contributed by atoms with Crippen molar-refractivity contribution in [1.82, 2.24) is 25.0 Å². The molecule has 1 aliphatic carbocycles. The fourth-order valence-electron chi connectivity index (χ4n) is 4.12. The Labute approximate surface area is 151 Å². The maximum atomic E-state index is 12.8. The number of urea groups is 1. The molecule has 0 aromatic carbocycles. The van der Waals surface area contributed by atoms with Crippen molar-refractivity contribution in [3.8, 4) is 0 Å². The maximum absolute atomic E-state index is 12.8. The molecule has 25 heavy (non-hydrogen) atoms. The van der Waals surface area contributed by atoms with Crippen LogP contribution in [-0.2, 0) is 6.54 Å². The lowest BCUT2D eigenvalue weighted by molar-refractivity contribution is 0.151. The molecule has 2 aliphatic rings. The zero-order valence-corrected chi connectivity index (χ0v) is 16.2. The van der Waals surface area contributed by atoms with Crippen molar-refractivity contribution in [2.45, 2.75) is 90.3 Å². The maximum Gasteiger partial charge on any atom is 0.317 e. The van der Waals surface area contributed by atoms with E-state index in [0.717, 1.165) is 31.0 Å². The van der Waals surface area contributed by atoms with E-state index in [2.05, 4.69) is 31.2 Å². The van der Waals surface area contributed by atoms with Gasteiger partial charge >= 0.3 is 6.03 Å². The monoisotopic (exact) mass is 347 g/mol. The van der Waals surface area contributed by atoms with Crippen LogP contribution in [0.3, 0.4) is 0 Å². The van der Waals surface area contributed by atoms with Crippen LogP contribution in [0.25, 0.3) is 0 Å². The summed E-state index contributed by atoms with van der Waals surface area (Å²) < 4.78 is 1.98. The fraction of sp³-hybridized carbons (Fsp3) is 0.842. The summed E-state index contributed by atoms with van der Waals surface area (Å²) in [4.78, 5) is 19.4. The van der Waals surface area contributed by atoms with E-state index in [0.29, 0.717) is 11.8 Å². The van der Waals surface area contributed by atoms with E-state index in [1.807, 2.05) is 16.6 Å². The summed E-state index contributed by atoms with van der Waals surface area (Å²) in [6.07, 6.45) is 8.40. The van der Waals surface area contributed by atoms with Crippen LogP contribution >= 0.6 is 0 Å². The summed E-state index contributed by atoms with van der Waals surface area (Å²) >= 11 is 0. The number of hydrogen-bond donors (Lipinski definition) is 1. The Balaban J connectivity index is 1.65. The van der Waals surface area contributed by atoms with Gasteiger partial charge in [-0.1, -0.05) is 33.1 Å². The first-order valence-corrected chi connectivity index (χ1v) is 9.95. The number of hydrogen-bond acceptors (Lipinski definition) is 3. The Bertz CT molecular complexity index is 591. The van der Waals surface area contributed by atoms with Crippen molar-refractivity contribution in [1.29, 1.82) is 0 Å². The van der Waals surface area contributed by atoms with Gasteiger partial charge in [0.15, 0.2) is 5.82 Å². The molecule has 3 rings (SSSR count). The number of fused-ring (bicyclic) bond motifs is 1. The molecule has 0 spiro atoms. The standard InChI is InChI=1S/C19H33N5O/c1-13(2)17-21-18-16(11-8-12-24(18)22-17)20-19(25)23(4)14(3)15-9-6-5-7-10-15/h13-16H,5-12H2,1-4H3,(H,20,25)/t14-,16+/m0/s1. The molecule has 0 saturated heterocycles. The molecule has 6 heteroatoms. The summed E-state index contributed by atoms with van der Waals surface area (Å²) in [5.41, 5.74) is 0. The molecular weight excluding hydrogens is 314 g/mol. The molecule has 6 nitrogen and oxygen atoms in total. The molecule has 2 atom stereocenters. The quantitative estimate of drug-likeness (QED) is 0.900. The number of nitrogens with zero attached hydrogens (tertiary/aromatic N) is 4. The fourth-order valence-corrected chi connectivity index (χ4v) is 4.12. The average molecular weight is 348 g/mol. The van der Waals surface area contributed by atoms with E-state index in [-0.39, 0.29) is 18.1 Å². The Morgan fingerprint density at radius 3 is 2.56 bits per heavy atom. The number of aryl methyl sites for hydroxylation is 1. The van der Waals surface area contributed by atoms with Crippen molar-refractivity contribution < 1.29 is 4.79 Å². The van der Waals surface area contributed by atoms with E-state index in [1.54, 1.807) is 0 Å². The molecule has 1 aromatic heterocycles. The molecule has 1 N–H and O–H groups in total. The van der Waals surface area contributed by atoms with Crippen molar-refractivity contribution in [2.75, 3.05) is 7.05 Å².